The summed E-state index contributed by atoms with van der Waals surface area (Å²) in [4.78, 5) is 0. The molecular formula is C13H22ClNO2. The lowest BCUT2D eigenvalue weighted by molar-refractivity contribution is 0.351. The van der Waals surface area contributed by atoms with E-state index in [-0.39, 0.29) is 12.4 Å². The van der Waals surface area contributed by atoms with Gasteiger partial charge in [0.25, 0.3) is 0 Å². The molecule has 98 valence electrons. The van der Waals surface area contributed by atoms with Crippen LogP contribution in [-0.4, -0.2) is 20.8 Å². The Kier molecular flexibility index (Phi) is 7.75. The number of hydrogen-bond acceptors (Lipinski definition) is 3. The van der Waals surface area contributed by atoms with Gasteiger partial charge in [-0.15, -0.1) is 12.4 Å². The fourth-order valence-electron chi connectivity index (χ4n) is 1.95. The standard InChI is InChI=1S/C13H21NO2.ClH/c1-4-5-11-10(8-9-14)6-7-12(15-2)13(11)16-3;/h6-7H,4-5,8-9,14H2,1-3H3;1H. The third kappa shape index (κ3) is 3.79. The first-order valence-corrected chi connectivity index (χ1v) is 5.71. The van der Waals surface area contributed by atoms with E-state index in [0.717, 1.165) is 30.8 Å². The molecule has 0 aromatic heterocycles. The van der Waals surface area contributed by atoms with Gasteiger partial charge in [0.1, 0.15) is 0 Å². The van der Waals surface area contributed by atoms with Crippen LogP contribution in [0.3, 0.4) is 0 Å². The first-order chi connectivity index (χ1) is 7.78. The topological polar surface area (TPSA) is 44.5 Å². The fraction of sp³-hybridized carbons (Fsp3) is 0.538. The van der Waals surface area contributed by atoms with Gasteiger partial charge in [-0.1, -0.05) is 19.4 Å². The zero-order valence-electron chi connectivity index (χ0n) is 10.8. The molecule has 0 aliphatic carbocycles. The Balaban J connectivity index is 0.00000256. The molecule has 0 radical (unpaired) electrons. The number of halogens is 1. The first kappa shape index (κ1) is 16.1. The maximum Gasteiger partial charge on any atom is 0.164 e. The fourth-order valence-corrected chi connectivity index (χ4v) is 1.95. The molecule has 0 atom stereocenters. The van der Waals surface area contributed by atoms with Crippen LogP contribution in [0.2, 0.25) is 0 Å². The predicted octanol–water partition coefficient (Wildman–Crippen LogP) is 2.58. The van der Waals surface area contributed by atoms with Gasteiger partial charge >= 0.3 is 0 Å². The van der Waals surface area contributed by atoms with Gasteiger partial charge in [0.2, 0.25) is 0 Å². The summed E-state index contributed by atoms with van der Waals surface area (Å²) in [5.74, 6) is 1.65. The summed E-state index contributed by atoms with van der Waals surface area (Å²) in [6.07, 6.45) is 2.96. The zero-order valence-corrected chi connectivity index (χ0v) is 11.6. The molecule has 4 heteroatoms. The molecule has 0 amide bonds. The van der Waals surface area contributed by atoms with E-state index in [1.807, 2.05) is 6.07 Å². The van der Waals surface area contributed by atoms with E-state index >= 15 is 0 Å². The van der Waals surface area contributed by atoms with Crippen LogP contribution in [0.25, 0.3) is 0 Å². The third-order valence-electron chi connectivity index (χ3n) is 2.66. The normalized spacial score (nSPS) is 9.65. The van der Waals surface area contributed by atoms with Gasteiger partial charge < -0.3 is 15.2 Å². The Hall–Kier alpha value is -0.930. The molecule has 0 saturated heterocycles. The number of methoxy groups -OCH3 is 2. The number of benzene rings is 1. The Morgan fingerprint density at radius 1 is 1.12 bits per heavy atom. The van der Waals surface area contributed by atoms with Crippen molar-refractivity contribution in [2.75, 3.05) is 20.8 Å². The van der Waals surface area contributed by atoms with Crippen molar-refractivity contribution in [2.24, 2.45) is 5.73 Å². The molecule has 1 aromatic rings. The van der Waals surface area contributed by atoms with Crippen LogP contribution >= 0.6 is 12.4 Å². The lowest BCUT2D eigenvalue weighted by atomic mass is 9.99. The number of rotatable bonds is 6. The predicted molar refractivity (Wildman–Crippen MR) is 73.5 cm³/mol. The largest absolute Gasteiger partial charge is 0.493 e. The van der Waals surface area contributed by atoms with Crippen molar-refractivity contribution < 1.29 is 9.47 Å². The molecule has 0 spiro atoms. The molecule has 1 aromatic carbocycles. The minimum absolute atomic E-state index is 0. The van der Waals surface area contributed by atoms with E-state index in [4.69, 9.17) is 15.2 Å². The summed E-state index contributed by atoms with van der Waals surface area (Å²) in [5.41, 5.74) is 8.11. The SMILES string of the molecule is CCCc1c(CCN)ccc(OC)c1OC.Cl. The number of ether oxygens (including phenoxy) is 2. The average Bonchev–Trinajstić information content (AvgIpc) is 2.31. The summed E-state index contributed by atoms with van der Waals surface area (Å²) in [6.45, 7) is 2.82. The van der Waals surface area contributed by atoms with Gasteiger partial charge in [0.15, 0.2) is 11.5 Å². The van der Waals surface area contributed by atoms with E-state index in [1.54, 1.807) is 14.2 Å². The highest BCUT2D eigenvalue weighted by atomic mass is 35.5. The molecule has 0 bridgehead atoms. The summed E-state index contributed by atoms with van der Waals surface area (Å²) < 4.78 is 10.7. The second-order valence-corrected chi connectivity index (χ2v) is 3.73. The maximum absolute atomic E-state index is 5.62. The van der Waals surface area contributed by atoms with Gasteiger partial charge in [0, 0.05) is 5.56 Å². The van der Waals surface area contributed by atoms with Crippen molar-refractivity contribution in [3.63, 3.8) is 0 Å². The molecule has 1 rings (SSSR count). The molecule has 17 heavy (non-hydrogen) atoms. The Morgan fingerprint density at radius 2 is 1.82 bits per heavy atom. The lowest BCUT2D eigenvalue weighted by Crippen LogP contribution is -2.07. The van der Waals surface area contributed by atoms with Crippen molar-refractivity contribution in [3.05, 3.63) is 23.3 Å². The smallest absolute Gasteiger partial charge is 0.164 e. The van der Waals surface area contributed by atoms with Gasteiger partial charge in [-0.25, -0.2) is 0 Å². The lowest BCUT2D eigenvalue weighted by Gasteiger charge is -2.16. The van der Waals surface area contributed by atoms with Crippen LogP contribution in [0.15, 0.2) is 12.1 Å². The highest BCUT2D eigenvalue weighted by Gasteiger charge is 2.13. The van der Waals surface area contributed by atoms with Crippen LogP contribution in [0.4, 0.5) is 0 Å². The molecule has 0 aliphatic rings. The third-order valence-corrected chi connectivity index (χ3v) is 2.66. The van der Waals surface area contributed by atoms with Crippen molar-refractivity contribution in [3.8, 4) is 11.5 Å². The number of nitrogens with two attached hydrogens (primary N) is 1. The summed E-state index contributed by atoms with van der Waals surface area (Å²) in [6, 6.07) is 4.03. The molecule has 0 unspecified atom stereocenters. The summed E-state index contributed by atoms with van der Waals surface area (Å²) in [5, 5.41) is 0. The zero-order chi connectivity index (χ0) is 12.0. The van der Waals surface area contributed by atoms with E-state index < -0.39 is 0 Å². The average molecular weight is 260 g/mol. The van der Waals surface area contributed by atoms with E-state index in [9.17, 15) is 0 Å². The van der Waals surface area contributed by atoms with Crippen molar-refractivity contribution in [2.45, 2.75) is 26.2 Å². The maximum atomic E-state index is 5.62. The molecule has 2 N–H and O–H groups in total. The number of hydrogen-bond donors (Lipinski definition) is 1. The van der Waals surface area contributed by atoms with E-state index in [1.165, 1.54) is 11.1 Å². The van der Waals surface area contributed by atoms with Crippen molar-refractivity contribution >= 4 is 12.4 Å². The van der Waals surface area contributed by atoms with Crippen molar-refractivity contribution in [1.29, 1.82) is 0 Å². The molecule has 0 saturated carbocycles. The summed E-state index contributed by atoms with van der Waals surface area (Å²) in [7, 11) is 3.35. The van der Waals surface area contributed by atoms with Crippen LogP contribution < -0.4 is 15.2 Å². The Labute approximate surface area is 110 Å². The summed E-state index contributed by atoms with van der Waals surface area (Å²) >= 11 is 0. The minimum atomic E-state index is 0. The second kappa shape index (κ2) is 8.20. The Morgan fingerprint density at radius 3 is 2.29 bits per heavy atom. The monoisotopic (exact) mass is 259 g/mol. The quantitative estimate of drug-likeness (QED) is 0.854. The molecule has 3 nitrogen and oxygen atoms in total. The van der Waals surface area contributed by atoms with Crippen LogP contribution in [0.5, 0.6) is 11.5 Å². The van der Waals surface area contributed by atoms with Gasteiger partial charge in [-0.2, -0.15) is 0 Å². The Bertz CT molecular complexity index is 342. The molecular weight excluding hydrogens is 238 g/mol. The van der Waals surface area contributed by atoms with Crippen molar-refractivity contribution in [1.82, 2.24) is 0 Å². The van der Waals surface area contributed by atoms with Gasteiger partial charge in [-0.3, -0.25) is 0 Å². The highest BCUT2D eigenvalue weighted by molar-refractivity contribution is 5.85. The molecule has 0 heterocycles. The van der Waals surface area contributed by atoms with Gasteiger partial charge in [-0.05, 0) is 31.0 Å². The molecule has 0 aliphatic heterocycles. The van der Waals surface area contributed by atoms with E-state index in [0.29, 0.717) is 6.54 Å². The van der Waals surface area contributed by atoms with Crippen LogP contribution in [0.1, 0.15) is 24.5 Å². The highest BCUT2D eigenvalue weighted by Crippen LogP contribution is 2.34. The van der Waals surface area contributed by atoms with Gasteiger partial charge in [0.05, 0.1) is 14.2 Å². The second-order valence-electron chi connectivity index (χ2n) is 3.73. The van der Waals surface area contributed by atoms with Crippen LogP contribution in [0, 0.1) is 0 Å². The first-order valence-electron chi connectivity index (χ1n) is 5.71. The van der Waals surface area contributed by atoms with Crippen LogP contribution in [-0.2, 0) is 12.8 Å². The van der Waals surface area contributed by atoms with E-state index in [2.05, 4.69) is 13.0 Å². The minimum Gasteiger partial charge on any atom is -0.493 e. The molecule has 0 fully saturated rings.